The van der Waals surface area contributed by atoms with Crippen molar-refractivity contribution in [2.75, 3.05) is 7.11 Å². The van der Waals surface area contributed by atoms with E-state index in [9.17, 15) is 14.7 Å². The largest absolute Gasteiger partial charge is 0.481 e. The lowest BCUT2D eigenvalue weighted by Crippen LogP contribution is -2.37. The number of carbonyl (C=O) groups is 2. The van der Waals surface area contributed by atoms with Crippen LogP contribution in [0.2, 0.25) is 0 Å². The second-order valence-corrected chi connectivity index (χ2v) is 6.35. The third kappa shape index (κ3) is 2.13. The van der Waals surface area contributed by atoms with Crippen molar-refractivity contribution < 1.29 is 19.4 Å². The zero-order chi connectivity index (χ0) is 14.3. The molecule has 1 aromatic rings. The van der Waals surface area contributed by atoms with Gasteiger partial charge in [0.1, 0.15) is 0 Å². The van der Waals surface area contributed by atoms with Crippen molar-refractivity contribution in [1.82, 2.24) is 4.90 Å². The third-order valence-electron chi connectivity index (χ3n) is 4.26. The van der Waals surface area contributed by atoms with Gasteiger partial charge in [0.25, 0.3) is 5.91 Å². The molecule has 1 amide bonds. The Labute approximate surface area is 121 Å². The summed E-state index contributed by atoms with van der Waals surface area (Å²) in [5.74, 6) is -1.19. The second kappa shape index (κ2) is 5.18. The molecule has 0 aromatic carbocycles. The van der Waals surface area contributed by atoms with E-state index in [1.807, 2.05) is 11.4 Å². The van der Waals surface area contributed by atoms with E-state index in [0.29, 0.717) is 17.9 Å². The summed E-state index contributed by atoms with van der Waals surface area (Å²) in [7, 11) is 1.62. The smallest absolute Gasteiger partial charge is 0.308 e. The number of carboxylic acid groups (broad SMARTS) is 1. The standard InChI is InChI=1S/C14H17NO4S/c1-19-6-8-4-12(20-7-8)13(16)15-9-2-3-11(15)10(5-9)14(17)18/h4,7,9-11H,2-3,5-6H2,1H3,(H,17,18). The number of carboxylic acids is 1. The van der Waals surface area contributed by atoms with Crippen molar-refractivity contribution in [3.63, 3.8) is 0 Å². The summed E-state index contributed by atoms with van der Waals surface area (Å²) in [6.07, 6.45) is 2.34. The topological polar surface area (TPSA) is 66.8 Å². The van der Waals surface area contributed by atoms with Gasteiger partial charge in [0.05, 0.1) is 17.4 Å². The molecule has 6 heteroatoms. The van der Waals surface area contributed by atoms with Gasteiger partial charge in [0, 0.05) is 19.2 Å². The number of amides is 1. The van der Waals surface area contributed by atoms with Crippen LogP contribution >= 0.6 is 11.3 Å². The Morgan fingerprint density at radius 1 is 1.50 bits per heavy atom. The minimum Gasteiger partial charge on any atom is -0.481 e. The molecule has 5 nitrogen and oxygen atoms in total. The Kier molecular flexibility index (Phi) is 3.52. The monoisotopic (exact) mass is 295 g/mol. The second-order valence-electron chi connectivity index (χ2n) is 5.44. The van der Waals surface area contributed by atoms with E-state index in [2.05, 4.69) is 0 Å². The van der Waals surface area contributed by atoms with E-state index in [0.717, 1.165) is 18.4 Å². The lowest BCUT2D eigenvalue weighted by atomic mass is 9.89. The van der Waals surface area contributed by atoms with E-state index in [1.165, 1.54) is 11.3 Å². The van der Waals surface area contributed by atoms with Gasteiger partial charge in [-0.05, 0) is 36.3 Å². The number of methoxy groups -OCH3 is 1. The van der Waals surface area contributed by atoms with Gasteiger partial charge in [0.15, 0.2) is 0 Å². The summed E-state index contributed by atoms with van der Waals surface area (Å²) in [4.78, 5) is 26.3. The molecule has 3 rings (SSSR count). The molecule has 108 valence electrons. The van der Waals surface area contributed by atoms with Gasteiger partial charge in [-0.1, -0.05) is 0 Å². The molecule has 3 heterocycles. The molecular weight excluding hydrogens is 278 g/mol. The predicted molar refractivity (Wildman–Crippen MR) is 73.8 cm³/mol. The van der Waals surface area contributed by atoms with Crippen LogP contribution in [0.25, 0.3) is 0 Å². The molecular formula is C14H17NO4S. The summed E-state index contributed by atoms with van der Waals surface area (Å²) >= 11 is 1.41. The first-order valence-electron chi connectivity index (χ1n) is 6.73. The SMILES string of the molecule is COCc1csc(C(=O)N2C3CCC2C(C(=O)O)C3)c1. The molecule has 2 aliphatic heterocycles. The van der Waals surface area contributed by atoms with Gasteiger partial charge in [0.2, 0.25) is 0 Å². The molecule has 0 radical (unpaired) electrons. The van der Waals surface area contributed by atoms with Gasteiger partial charge < -0.3 is 14.7 Å². The van der Waals surface area contributed by atoms with Gasteiger partial charge in [-0.25, -0.2) is 0 Å². The Morgan fingerprint density at radius 3 is 2.95 bits per heavy atom. The number of hydrogen-bond donors (Lipinski definition) is 1. The zero-order valence-corrected chi connectivity index (χ0v) is 12.1. The number of nitrogens with zero attached hydrogens (tertiary/aromatic N) is 1. The Balaban J connectivity index is 1.79. The van der Waals surface area contributed by atoms with Crippen molar-refractivity contribution in [3.8, 4) is 0 Å². The van der Waals surface area contributed by atoms with Gasteiger partial charge in [-0.15, -0.1) is 11.3 Å². The molecule has 2 saturated heterocycles. The highest BCUT2D eigenvalue weighted by Gasteiger charge is 2.51. The van der Waals surface area contributed by atoms with E-state index >= 15 is 0 Å². The third-order valence-corrected chi connectivity index (χ3v) is 5.23. The highest BCUT2D eigenvalue weighted by molar-refractivity contribution is 7.12. The van der Waals surface area contributed by atoms with Crippen molar-refractivity contribution in [2.45, 2.75) is 38.0 Å². The molecule has 2 bridgehead atoms. The van der Waals surface area contributed by atoms with Gasteiger partial charge in [-0.2, -0.15) is 0 Å². The molecule has 3 unspecified atom stereocenters. The average Bonchev–Trinajstić information content (AvgIpc) is 3.11. The lowest BCUT2D eigenvalue weighted by molar-refractivity contribution is -0.142. The maximum Gasteiger partial charge on any atom is 0.308 e. The van der Waals surface area contributed by atoms with Crippen LogP contribution in [0, 0.1) is 5.92 Å². The lowest BCUT2D eigenvalue weighted by Gasteiger charge is -2.22. The fraction of sp³-hybridized carbons (Fsp3) is 0.571. The van der Waals surface area contributed by atoms with E-state index < -0.39 is 11.9 Å². The van der Waals surface area contributed by atoms with Gasteiger partial charge >= 0.3 is 5.97 Å². The predicted octanol–water partition coefficient (Wildman–Crippen LogP) is 1.97. The summed E-state index contributed by atoms with van der Waals surface area (Å²) in [6.45, 7) is 0.494. The molecule has 0 aliphatic carbocycles. The minimum atomic E-state index is -0.777. The van der Waals surface area contributed by atoms with Crippen molar-refractivity contribution in [1.29, 1.82) is 0 Å². The zero-order valence-electron chi connectivity index (χ0n) is 11.2. The van der Waals surface area contributed by atoms with Crippen LogP contribution in [0.1, 0.15) is 34.5 Å². The normalized spacial score (nSPS) is 28.1. The fourth-order valence-electron chi connectivity index (χ4n) is 3.43. The first-order chi connectivity index (χ1) is 9.61. The molecule has 0 spiro atoms. The quantitative estimate of drug-likeness (QED) is 0.922. The number of thiophene rings is 1. The maximum absolute atomic E-state index is 12.6. The number of fused-ring (bicyclic) bond motifs is 2. The van der Waals surface area contributed by atoms with Crippen molar-refractivity contribution in [2.24, 2.45) is 5.92 Å². The minimum absolute atomic E-state index is 0.0198. The Bertz CT molecular complexity index is 541. The molecule has 0 saturated carbocycles. The summed E-state index contributed by atoms with van der Waals surface area (Å²) in [6, 6.07) is 1.82. The molecule has 3 atom stereocenters. The van der Waals surface area contributed by atoms with E-state index in [-0.39, 0.29) is 18.0 Å². The van der Waals surface area contributed by atoms with E-state index in [1.54, 1.807) is 12.0 Å². The molecule has 2 fully saturated rings. The van der Waals surface area contributed by atoms with Crippen LogP contribution in [-0.4, -0.2) is 41.1 Å². The van der Waals surface area contributed by atoms with Crippen LogP contribution in [-0.2, 0) is 16.1 Å². The number of carbonyl (C=O) groups excluding carboxylic acids is 1. The van der Waals surface area contributed by atoms with Crippen LogP contribution in [0.3, 0.4) is 0 Å². The highest BCUT2D eigenvalue weighted by Crippen LogP contribution is 2.43. The van der Waals surface area contributed by atoms with Crippen LogP contribution in [0.15, 0.2) is 11.4 Å². The Morgan fingerprint density at radius 2 is 2.30 bits per heavy atom. The first-order valence-corrected chi connectivity index (χ1v) is 7.61. The maximum atomic E-state index is 12.6. The van der Waals surface area contributed by atoms with Crippen molar-refractivity contribution in [3.05, 3.63) is 21.9 Å². The van der Waals surface area contributed by atoms with Crippen LogP contribution in [0.4, 0.5) is 0 Å². The molecule has 1 aromatic heterocycles. The number of rotatable bonds is 4. The van der Waals surface area contributed by atoms with Crippen LogP contribution < -0.4 is 0 Å². The number of hydrogen-bond acceptors (Lipinski definition) is 4. The highest BCUT2D eigenvalue weighted by atomic mass is 32.1. The fourth-order valence-corrected chi connectivity index (χ4v) is 4.27. The van der Waals surface area contributed by atoms with Gasteiger partial charge in [-0.3, -0.25) is 9.59 Å². The summed E-state index contributed by atoms with van der Waals surface area (Å²) < 4.78 is 5.05. The van der Waals surface area contributed by atoms with Crippen LogP contribution in [0.5, 0.6) is 0 Å². The number of ether oxygens (including phenoxy) is 1. The summed E-state index contributed by atoms with van der Waals surface area (Å²) in [5.41, 5.74) is 0.988. The average molecular weight is 295 g/mol. The number of aliphatic carboxylic acids is 1. The molecule has 20 heavy (non-hydrogen) atoms. The van der Waals surface area contributed by atoms with Crippen molar-refractivity contribution >= 4 is 23.2 Å². The molecule has 1 N–H and O–H groups in total. The Hall–Kier alpha value is -1.40. The molecule has 2 aliphatic rings. The summed E-state index contributed by atoms with van der Waals surface area (Å²) in [5, 5.41) is 11.1. The van der Waals surface area contributed by atoms with E-state index in [4.69, 9.17) is 4.74 Å². The first kappa shape index (κ1) is 13.6.